The lowest BCUT2D eigenvalue weighted by atomic mass is 9.48. The Kier molecular flexibility index (Phi) is 3.57. The van der Waals surface area contributed by atoms with Gasteiger partial charge in [0.15, 0.2) is 0 Å². The normalized spacial score (nSPS) is 38.7. The largest absolute Gasteiger partial charge is 0.118 e. The average Bonchev–Trinajstić information content (AvgIpc) is 2.45. The van der Waals surface area contributed by atoms with Crippen LogP contribution in [0.25, 0.3) is 0 Å². The number of benzene rings is 1. The highest BCUT2D eigenvalue weighted by molar-refractivity contribution is 6.20. The van der Waals surface area contributed by atoms with Crippen molar-refractivity contribution in [1.82, 2.24) is 0 Å². The zero-order valence-corrected chi connectivity index (χ0v) is 13.9. The number of halogens is 1. The molecule has 0 aromatic heterocycles. The molecule has 4 aliphatic carbocycles. The second-order valence-corrected chi connectivity index (χ2v) is 8.71. The summed E-state index contributed by atoms with van der Waals surface area (Å²) in [6, 6.07) is 9.03. The first kappa shape index (κ1) is 14.1. The second kappa shape index (κ2) is 5.30. The molecule has 1 atom stereocenters. The summed E-state index contributed by atoms with van der Waals surface area (Å²) in [6.07, 6.45) is 11.3. The molecule has 0 aliphatic heterocycles. The van der Waals surface area contributed by atoms with E-state index in [-0.39, 0.29) is 5.38 Å². The Morgan fingerprint density at radius 1 is 1.00 bits per heavy atom. The third-order valence-corrected chi connectivity index (χ3v) is 6.93. The summed E-state index contributed by atoms with van der Waals surface area (Å²) in [5.74, 6) is 3.09. The summed E-state index contributed by atoms with van der Waals surface area (Å²) in [6.45, 7) is 2.21. The van der Waals surface area contributed by atoms with Crippen LogP contribution in [-0.2, 0) is 6.42 Å². The summed E-state index contributed by atoms with van der Waals surface area (Å²) < 4.78 is 0. The number of hydrogen-bond donors (Lipinski definition) is 0. The third kappa shape index (κ3) is 2.65. The van der Waals surface area contributed by atoms with Crippen molar-refractivity contribution < 1.29 is 0 Å². The van der Waals surface area contributed by atoms with E-state index in [1.54, 1.807) is 0 Å². The molecule has 1 unspecified atom stereocenters. The number of rotatable bonds is 4. The van der Waals surface area contributed by atoms with Crippen molar-refractivity contribution >= 4 is 11.6 Å². The van der Waals surface area contributed by atoms with Gasteiger partial charge in [0.2, 0.25) is 0 Å². The quantitative estimate of drug-likeness (QED) is 0.586. The fourth-order valence-corrected chi connectivity index (χ4v) is 6.47. The molecule has 0 spiro atoms. The standard InChI is InChI=1S/C20H27Cl/c1-2-14-3-5-18(6-4-14)19(21)13-20-10-15-7-16(11-20)9-17(8-15)12-20/h3-6,15-17,19H,2,7-13H2,1H3. The SMILES string of the molecule is CCc1ccc(C(Cl)CC23CC4CC(CC(C4)C2)C3)cc1. The predicted octanol–water partition coefficient (Wildman–Crippen LogP) is 6.14. The van der Waals surface area contributed by atoms with Crippen LogP contribution in [0.4, 0.5) is 0 Å². The van der Waals surface area contributed by atoms with E-state index in [1.165, 1.54) is 56.1 Å². The molecule has 4 fully saturated rings. The fourth-order valence-electron chi connectivity index (χ4n) is 6.00. The topological polar surface area (TPSA) is 0 Å². The van der Waals surface area contributed by atoms with Crippen LogP contribution in [0.5, 0.6) is 0 Å². The van der Waals surface area contributed by atoms with Gasteiger partial charge < -0.3 is 0 Å². The van der Waals surface area contributed by atoms with Gasteiger partial charge in [-0.15, -0.1) is 11.6 Å². The lowest BCUT2D eigenvalue weighted by Crippen LogP contribution is -2.46. The van der Waals surface area contributed by atoms with Crippen LogP contribution in [0.15, 0.2) is 24.3 Å². The molecule has 0 amide bonds. The predicted molar refractivity (Wildman–Crippen MR) is 89.6 cm³/mol. The summed E-state index contributed by atoms with van der Waals surface area (Å²) in [4.78, 5) is 0. The average molecular weight is 303 g/mol. The first-order chi connectivity index (χ1) is 10.2. The van der Waals surface area contributed by atoms with Gasteiger partial charge in [0, 0.05) is 0 Å². The summed E-state index contributed by atoms with van der Waals surface area (Å²) >= 11 is 6.84. The fraction of sp³-hybridized carbons (Fsp3) is 0.700. The van der Waals surface area contributed by atoms with Crippen LogP contribution in [0.2, 0.25) is 0 Å². The lowest BCUT2D eigenvalue weighted by molar-refractivity contribution is -0.0576. The smallest absolute Gasteiger partial charge is 0.0590 e. The van der Waals surface area contributed by atoms with Crippen molar-refractivity contribution in [1.29, 1.82) is 0 Å². The maximum Gasteiger partial charge on any atom is 0.0590 e. The molecule has 1 aromatic carbocycles. The molecule has 5 rings (SSSR count). The minimum atomic E-state index is 0.215. The van der Waals surface area contributed by atoms with Crippen molar-refractivity contribution in [2.75, 3.05) is 0 Å². The molecule has 0 N–H and O–H groups in total. The molecule has 0 radical (unpaired) electrons. The summed E-state index contributed by atoms with van der Waals surface area (Å²) in [5.41, 5.74) is 3.34. The Balaban J connectivity index is 1.49. The molecule has 1 heteroatoms. The molecule has 4 saturated carbocycles. The molecule has 114 valence electrons. The molecule has 0 heterocycles. The molecule has 4 aliphatic rings. The van der Waals surface area contributed by atoms with Crippen LogP contribution in [0, 0.1) is 23.2 Å². The van der Waals surface area contributed by atoms with Crippen molar-refractivity contribution in [3.63, 3.8) is 0 Å². The van der Waals surface area contributed by atoms with Crippen LogP contribution < -0.4 is 0 Å². The molecule has 21 heavy (non-hydrogen) atoms. The van der Waals surface area contributed by atoms with Crippen molar-refractivity contribution in [3.05, 3.63) is 35.4 Å². The number of aryl methyl sites for hydroxylation is 1. The van der Waals surface area contributed by atoms with E-state index >= 15 is 0 Å². The van der Waals surface area contributed by atoms with Gasteiger partial charge in [0.1, 0.15) is 0 Å². The van der Waals surface area contributed by atoms with Gasteiger partial charge in [-0.2, -0.15) is 0 Å². The molecular formula is C20H27Cl. The van der Waals surface area contributed by atoms with Crippen molar-refractivity contribution in [3.8, 4) is 0 Å². The minimum Gasteiger partial charge on any atom is -0.118 e. The first-order valence-electron chi connectivity index (χ1n) is 8.89. The van der Waals surface area contributed by atoms with E-state index in [2.05, 4.69) is 31.2 Å². The highest BCUT2D eigenvalue weighted by Crippen LogP contribution is 2.62. The van der Waals surface area contributed by atoms with Gasteiger partial charge in [-0.25, -0.2) is 0 Å². The molecule has 4 bridgehead atoms. The van der Waals surface area contributed by atoms with E-state index in [0.717, 1.165) is 24.2 Å². The Hall–Kier alpha value is -0.490. The Labute approximate surface area is 134 Å². The minimum absolute atomic E-state index is 0.215. The first-order valence-corrected chi connectivity index (χ1v) is 9.32. The van der Waals surface area contributed by atoms with Crippen LogP contribution >= 0.6 is 11.6 Å². The van der Waals surface area contributed by atoms with Gasteiger partial charge in [0.05, 0.1) is 5.38 Å². The molecule has 1 aromatic rings. The van der Waals surface area contributed by atoms with Gasteiger partial charge >= 0.3 is 0 Å². The summed E-state index contributed by atoms with van der Waals surface area (Å²) in [5, 5.41) is 0.215. The maximum absolute atomic E-state index is 6.84. The summed E-state index contributed by atoms with van der Waals surface area (Å²) in [7, 11) is 0. The van der Waals surface area contributed by atoms with Crippen molar-refractivity contribution in [2.45, 2.75) is 63.7 Å². The highest BCUT2D eigenvalue weighted by atomic mass is 35.5. The van der Waals surface area contributed by atoms with Gasteiger partial charge in [-0.3, -0.25) is 0 Å². The Morgan fingerprint density at radius 2 is 1.52 bits per heavy atom. The zero-order chi connectivity index (χ0) is 14.4. The van der Waals surface area contributed by atoms with Crippen LogP contribution in [0.1, 0.15) is 68.4 Å². The number of hydrogen-bond acceptors (Lipinski definition) is 0. The molecular weight excluding hydrogens is 276 g/mol. The van der Waals surface area contributed by atoms with E-state index < -0.39 is 0 Å². The maximum atomic E-state index is 6.84. The van der Waals surface area contributed by atoms with E-state index in [1.807, 2.05) is 0 Å². The zero-order valence-electron chi connectivity index (χ0n) is 13.2. The second-order valence-electron chi connectivity index (χ2n) is 8.18. The monoisotopic (exact) mass is 302 g/mol. The van der Waals surface area contributed by atoms with Gasteiger partial charge in [-0.1, -0.05) is 31.2 Å². The van der Waals surface area contributed by atoms with Crippen LogP contribution in [-0.4, -0.2) is 0 Å². The molecule has 0 nitrogen and oxygen atoms in total. The van der Waals surface area contributed by atoms with Gasteiger partial charge in [0.25, 0.3) is 0 Å². The van der Waals surface area contributed by atoms with Crippen molar-refractivity contribution in [2.24, 2.45) is 23.2 Å². The van der Waals surface area contributed by atoms with Crippen LogP contribution in [0.3, 0.4) is 0 Å². The number of alkyl halides is 1. The lowest BCUT2D eigenvalue weighted by Gasteiger charge is -2.57. The van der Waals surface area contributed by atoms with E-state index in [9.17, 15) is 0 Å². The third-order valence-electron chi connectivity index (χ3n) is 6.53. The van der Waals surface area contributed by atoms with Gasteiger partial charge in [-0.05, 0) is 85.7 Å². The van der Waals surface area contributed by atoms with E-state index in [4.69, 9.17) is 11.6 Å². The highest BCUT2D eigenvalue weighted by Gasteiger charge is 2.51. The Bertz CT molecular complexity index is 466. The molecule has 0 saturated heterocycles. The van der Waals surface area contributed by atoms with E-state index in [0.29, 0.717) is 5.41 Å². The Morgan fingerprint density at radius 3 is 2.00 bits per heavy atom.